The lowest BCUT2D eigenvalue weighted by atomic mass is 10.4. The molecule has 0 spiro atoms. The van der Waals surface area contributed by atoms with E-state index in [0.717, 1.165) is 5.01 Å². The molecule has 1 amide bonds. The van der Waals surface area contributed by atoms with Crippen molar-refractivity contribution in [2.24, 2.45) is 5.73 Å². The molecule has 0 aliphatic heterocycles. The maximum Gasteiger partial charge on any atom is 0.273 e. The normalized spacial score (nSPS) is 9.94. The molecule has 0 saturated heterocycles. The van der Waals surface area contributed by atoms with Gasteiger partial charge in [0, 0.05) is 31.6 Å². The summed E-state index contributed by atoms with van der Waals surface area (Å²) < 4.78 is 5.25. The third-order valence-electron chi connectivity index (χ3n) is 2.32. The van der Waals surface area contributed by atoms with E-state index in [0.29, 0.717) is 38.5 Å². The second kappa shape index (κ2) is 9.27. The maximum absolute atomic E-state index is 12.1. The van der Waals surface area contributed by atoms with Crippen molar-refractivity contribution in [1.82, 2.24) is 9.88 Å². The van der Waals surface area contributed by atoms with E-state index in [4.69, 9.17) is 10.5 Å². The van der Waals surface area contributed by atoms with Gasteiger partial charge in [0.2, 0.25) is 0 Å². The van der Waals surface area contributed by atoms with Crippen LogP contribution in [0.5, 0.6) is 0 Å². The third kappa shape index (κ3) is 4.89. The van der Waals surface area contributed by atoms with Crippen LogP contribution in [0.25, 0.3) is 0 Å². The van der Waals surface area contributed by atoms with E-state index >= 15 is 0 Å². The number of likely N-dealkylation sites (N-methyl/N-ethyl adjacent to an activating group) is 1. The zero-order valence-corrected chi connectivity index (χ0v) is 12.4. The van der Waals surface area contributed by atoms with E-state index in [2.05, 4.69) is 4.98 Å². The van der Waals surface area contributed by atoms with E-state index in [9.17, 15) is 4.79 Å². The maximum atomic E-state index is 12.1. The van der Waals surface area contributed by atoms with E-state index in [1.54, 1.807) is 10.3 Å². The molecule has 0 aliphatic rings. The number of carbonyl (C=O) groups excluding carboxylic acids is 1. The van der Waals surface area contributed by atoms with E-state index in [1.807, 2.05) is 13.8 Å². The lowest BCUT2D eigenvalue weighted by Gasteiger charge is -2.19. The second-order valence-electron chi connectivity index (χ2n) is 3.41. The van der Waals surface area contributed by atoms with E-state index < -0.39 is 0 Å². The first-order chi connectivity index (χ1) is 8.22. The Hall–Kier alpha value is -0.690. The van der Waals surface area contributed by atoms with Gasteiger partial charge >= 0.3 is 0 Å². The first kappa shape index (κ1) is 17.3. The SMILES string of the molecule is CCOCCN(CC)C(=O)c1csc(CN)n1.Cl. The Kier molecular flexibility index (Phi) is 8.91. The Labute approximate surface area is 118 Å². The molecule has 0 unspecified atom stereocenters. The van der Waals surface area contributed by atoms with Crippen molar-refractivity contribution < 1.29 is 9.53 Å². The molecule has 1 rings (SSSR count). The van der Waals surface area contributed by atoms with Crippen molar-refractivity contribution in [3.05, 3.63) is 16.1 Å². The fraction of sp³-hybridized carbons (Fsp3) is 0.636. The predicted octanol–water partition coefficient (Wildman–Crippen LogP) is 1.52. The summed E-state index contributed by atoms with van der Waals surface area (Å²) in [5.41, 5.74) is 5.95. The molecule has 0 fully saturated rings. The molecule has 0 aromatic carbocycles. The van der Waals surface area contributed by atoms with Crippen LogP contribution >= 0.6 is 23.7 Å². The highest BCUT2D eigenvalue weighted by Crippen LogP contribution is 2.11. The number of hydrogen-bond acceptors (Lipinski definition) is 5. The smallest absolute Gasteiger partial charge is 0.273 e. The average Bonchev–Trinajstić information content (AvgIpc) is 2.82. The van der Waals surface area contributed by atoms with Gasteiger partial charge in [0.15, 0.2) is 0 Å². The molecule has 7 heteroatoms. The molecule has 0 aliphatic carbocycles. The largest absolute Gasteiger partial charge is 0.380 e. The number of nitrogens with zero attached hydrogens (tertiary/aromatic N) is 2. The highest BCUT2D eigenvalue weighted by Gasteiger charge is 2.16. The Balaban J connectivity index is 0.00000289. The summed E-state index contributed by atoms with van der Waals surface area (Å²) in [6.07, 6.45) is 0. The van der Waals surface area contributed by atoms with Gasteiger partial charge in [-0.2, -0.15) is 0 Å². The first-order valence-electron chi connectivity index (χ1n) is 5.74. The molecule has 1 aromatic rings. The molecule has 104 valence electrons. The Morgan fingerprint density at radius 2 is 2.28 bits per heavy atom. The van der Waals surface area contributed by atoms with E-state index in [1.165, 1.54) is 11.3 Å². The van der Waals surface area contributed by atoms with Crippen LogP contribution in [-0.4, -0.2) is 42.1 Å². The summed E-state index contributed by atoms with van der Waals surface area (Å²) in [5, 5.41) is 2.54. The number of rotatable bonds is 7. The topological polar surface area (TPSA) is 68.5 Å². The summed E-state index contributed by atoms with van der Waals surface area (Å²) in [6, 6.07) is 0. The quantitative estimate of drug-likeness (QED) is 0.774. The van der Waals surface area contributed by atoms with Crippen LogP contribution in [0.15, 0.2) is 5.38 Å². The van der Waals surface area contributed by atoms with Gasteiger partial charge in [0.1, 0.15) is 10.7 Å². The van der Waals surface area contributed by atoms with Crippen molar-refractivity contribution >= 4 is 29.7 Å². The van der Waals surface area contributed by atoms with Crippen LogP contribution in [-0.2, 0) is 11.3 Å². The molecule has 0 atom stereocenters. The fourth-order valence-electron chi connectivity index (χ4n) is 1.39. The van der Waals surface area contributed by atoms with Crippen LogP contribution in [0.2, 0.25) is 0 Å². The second-order valence-corrected chi connectivity index (χ2v) is 4.36. The predicted molar refractivity (Wildman–Crippen MR) is 75.3 cm³/mol. The molecule has 1 heterocycles. The average molecular weight is 294 g/mol. The third-order valence-corrected chi connectivity index (χ3v) is 3.20. The monoisotopic (exact) mass is 293 g/mol. The van der Waals surface area contributed by atoms with Crippen molar-refractivity contribution in [2.75, 3.05) is 26.3 Å². The minimum absolute atomic E-state index is 0. The first-order valence-corrected chi connectivity index (χ1v) is 6.62. The number of thiazole rings is 1. The molecule has 1 aromatic heterocycles. The van der Waals surface area contributed by atoms with Gasteiger partial charge in [-0.25, -0.2) is 4.98 Å². The fourth-order valence-corrected chi connectivity index (χ4v) is 2.04. The standard InChI is InChI=1S/C11H19N3O2S.ClH/c1-3-14(5-6-16-4-2)11(15)9-8-17-10(7-12)13-9;/h8H,3-7,12H2,1-2H3;1H. The Morgan fingerprint density at radius 1 is 1.56 bits per heavy atom. The van der Waals surface area contributed by atoms with Gasteiger partial charge in [0.05, 0.1) is 6.61 Å². The molecule has 0 saturated carbocycles. The molecule has 2 N–H and O–H groups in total. The summed E-state index contributed by atoms with van der Waals surface area (Å²) in [5.74, 6) is -0.0526. The highest BCUT2D eigenvalue weighted by atomic mass is 35.5. The van der Waals surface area contributed by atoms with Crippen LogP contribution in [0.1, 0.15) is 29.3 Å². The lowest BCUT2D eigenvalue weighted by Crippen LogP contribution is -2.34. The molecular formula is C11H20ClN3O2S. The number of ether oxygens (including phenoxy) is 1. The number of carbonyl (C=O) groups is 1. The summed E-state index contributed by atoms with van der Waals surface area (Å²) in [7, 11) is 0. The number of aromatic nitrogens is 1. The Bertz CT molecular complexity index is 360. The van der Waals surface area contributed by atoms with E-state index in [-0.39, 0.29) is 18.3 Å². The number of halogens is 1. The van der Waals surface area contributed by atoms with Crippen molar-refractivity contribution in [3.63, 3.8) is 0 Å². The van der Waals surface area contributed by atoms with Crippen LogP contribution in [0.3, 0.4) is 0 Å². The van der Waals surface area contributed by atoms with Crippen molar-refractivity contribution in [2.45, 2.75) is 20.4 Å². The summed E-state index contributed by atoms with van der Waals surface area (Å²) in [6.45, 7) is 6.74. The molecule has 0 bridgehead atoms. The molecule has 5 nitrogen and oxygen atoms in total. The van der Waals surface area contributed by atoms with Crippen molar-refractivity contribution in [1.29, 1.82) is 0 Å². The highest BCUT2D eigenvalue weighted by molar-refractivity contribution is 7.09. The zero-order valence-electron chi connectivity index (χ0n) is 10.7. The van der Waals surface area contributed by atoms with Crippen LogP contribution in [0.4, 0.5) is 0 Å². The van der Waals surface area contributed by atoms with Crippen LogP contribution in [0, 0.1) is 0 Å². The summed E-state index contributed by atoms with van der Waals surface area (Å²) in [4.78, 5) is 18.0. The van der Waals surface area contributed by atoms with Gasteiger partial charge in [-0.05, 0) is 13.8 Å². The summed E-state index contributed by atoms with van der Waals surface area (Å²) >= 11 is 1.42. The van der Waals surface area contributed by atoms with Gasteiger partial charge in [0.25, 0.3) is 5.91 Å². The molecule has 18 heavy (non-hydrogen) atoms. The lowest BCUT2D eigenvalue weighted by molar-refractivity contribution is 0.0664. The van der Waals surface area contributed by atoms with Gasteiger partial charge < -0.3 is 15.4 Å². The number of hydrogen-bond donors (Lipinski definition) is 1. The molecule has 0 radical (unpaired) electrons. The van der Waals surface area contributed by atoms with Gasteiger partial charge in [-0.1, -0.05) is 0 Å². The minimum Gasteiger partial charge on any atom is -0.380 e. The number of nitrogens with two attached hydrogens (primary N) is 1. The molecular weight excluding hydrogens is 274 g/mol. The van der Waals surface area contributed by atoms with Gasteiger partial charge in [-0.3, -0.25) is 4.79 Å². The zero-order chi connectivity index (χ0) is 12.7. The van der Waals surface area contributed by atoms with Crippen molar-refractivity contribution in [3.8, 4) is 0 Å². The van der Waals surface area contributed by atoms with Crippen LogP contribution < -0.4 is 5.73 Å². The van der Waals surface area contributed by atoms with Gasteiger partial charge in [-0.15, -0.1) is 23.7 Å². The number of amides is 1. The Morgan fingerprint density at radius 3 is 2.78 bits per heavy atom. The minimum atomic E-state index is -0.0526.